The summed E-state index contributed by atoms with van der Waals surface area (Å²) in [6.45, 7) is 0.145. The molecule has 0 saturated carbocycles. The van der Waals surface area contributed by atoms with E-state index in [-0.39, 0.29) is 12.2 Å². The van der Waals surface area contributed by atoms with E-state index in [1.54, 1.807) is 12.1 Å². The van der Waals surface area contributed by atoms with E-state index in [2.05, 4.69) is 6.07 Å². The molecule has 3 aromatic rings. The number of pyridine rings is 1. The number of primary amides is 1. The number of nitrogens with zero attached hydrogens (tertiary/aromatic N) is 2. The molecule has 0 fully saturated rings. The minimum Gasteiger partial charge on any atom is -0.488 e. The summed E-state index contributed by atoms with van der Waals surface area (Å²) in [5.41, 5.74) is 7.62. The van der Waals surface area contributed by atoms with Crippen LogP contribution in [0.1, 0.15) is 21.5 Å². The second kappa shape index (κ2) is 6.03. The van der Waals surface area contributed by atoms with Gasteiger partial charge < -0.3 is 14.9 Å². The summed E-state index contributed by atoms with van der Waals surface area (Å²) in [6, 6.07) is 12.5. The molecule has 3 rings (SSSR count). The van der Waals surface area contributed by atoms with Crippen LogP contribution in [0.5, 0.6) is 5.75 Å². The minimum atomic E-state index is -0.620. The number of fused-ring (bicyclic) bond motifs is 1. The van der Waals surface area contributed by atoms with Crippen molar-refractivity contribution in [3.8, 4) is 11.8 Å². The third kappa shape index (κ3) is 2.85. The van der Waals surface area contributed by atoms with Crippen molar-refractivity contribution in [2.75, 3.05) is 0 Å². The summed E-state index contributed by atoms with van der Waals surface area (Å²) in [5, 5.41) is 9.77. The molecule has 2 N–H and O–H groups in total. The maximum absolute atomic E-state index is 11.5. The van der Waals surface area contributed by atoms with Crippen LogP contribution in [-0.4, -0.2) is 10.3 Å². The van der Waals surface area contributed by atoms with Crippen molar-refractivity contribution < 1.29 is 9.53 Å². The van der Waals surface area contributed by atoms with Gasteiger partial charge in [0.05, 0.1) is 16.6 Å². The van der Waals surface area contributed by atoms with Crippen molar-refractivity contribution in [3.63, 3.8) is 0 Å². The normalized spacial score (nSPS) is 10.4. The number of aromatic nitrogens is 1. The Kier molecular flexibility index (Phi) is 3.92. The van der Waals surface area contributed by atoms with Crippen molar-refractivity contribution in [2.45, 2.75) is 6.61 Å². The monoisotopic (exact) mass is 325 g/mol. The van der Waals surface area contributed by atoms with E-state index in [0.717, 1.165) is 11.1 Å². The molecular formula is C17H12ClN3O2. The molecule has 0 aliphatic heterocycles. The Morgan fingerprint density at radius 3 is 2.91 bits per heavy atom. The number of carbonyl (C=O) groups is 1. The van der Waals surface area contributed by atoms with Crippen LogP contribution in [0.2, 0.25) is 5.02 Å². The Balaban J connectivity index is 1.93. The molecule has 0 unspecified atom stereocenters. The Morgan fingerprint density at radius 1 is 1.35 bits per heavy atom. The van der Waals surface area contributed by atoms with Gasteiger partial charge >= 0.3 is 0 Å². The molecule has 0 aliphatic rings. The van der Waals surface area contributed by atoms with Gasteiger partial charge in [0.25, 0.3) is 5.91 Å². The third-order valence-corrected chi connectivity index (χ3v) is 3.70. The molecule has 5 nitrogen and oxygen atoms in total. The van der Waals surface area contributed by atoms with Crippen LogP contribution >= 0.6 is 11.6 Å². The number of nitriles is 1. The highest BCUT2D eigenvalue weighted by Gasteiger charge is 2.14. The number of ether oxygens (including phenoxy) is 1. The number of benzene rings is 1. The van der Waals surface area contributed by atoms with Gasteiger partial charge in [-0.05, 0) is 30.3 Å². The van der Waals surface area contributed by atoms with E-state index >= 15 is 0 Å². The largest absolute Gasteiger partial charge is 0.488 e. The van der Waals surface area contributed by atoms with E-state index in [4.69, 9.17) is 22.1 Å². The maximum atomic E-state index is 11.5. The molecule has 23 heavy (non-hydrogen) atoms. The summed E-state index contributed by atoms with van der Waals surface area (Å²) in [6.07, 6.45) is 3.69. The average molecular weight is 326 g/mol. The summed E-state index contributed by atoms with van der Waals surface area (Å²) in [7, 11) is 0. The van der Waals surface area contributed by atoms with Crippen LogP contribution < -0.4 is 10.5 Å². The van der Waals surface area contributed by atoms with E-state index in [1.807, 2.05) is 35.0 Å². The van der Waals surface area contributed by atoms with Gasteiger partial charge in [0.15, 0.2) is 0 Å². The second-order valence-electron chi connectivity index (χ2n) is 4.93. The SMILES string of the molecule is N#Cc1c(COc2ccc(Cl)cc2C(N)=O)cn2ccccc12. The summed E-state index contributed by atoms with van der Waals surface area (Å²) in [4.78, 5) is 11.5. The fourth-order valence-electron chi connectivity index (χ4n) is 2.39. The number of carbonyl (C=O) groups excluding carboxylic acids is 1. The fraction of sp³-hybridized carbons (Fsp3) is 0.0588. The zero-order valence-electron chi connectivity index (χ0n) is 12.0. The molecule has 6 heteroatoms. The molecule has 0 radical (unpaired) electrons. The number of halogens is 1. The quantitative estimate of drug-likeness (QED) is 0.800. The Morgan fingerprint density at radius 2 is 2.17 bits per heavy atom. The number of hydrogen-bond donors (Lipinski definition) is 1. The summed E-state index contributed by atoms with van der Waals surface area (Å²) < 4.78 is 7.54. The zero-order valence-corrected chi connectivity index (χ0v) is 12.7. The lowest BCUT2D eigenvalue weighted by Crippen LogP contribution is -2.13. The third-order valence-electron chi connectivity index (χ3n) is 3.46. The molecule has 2 heterocycles. The number of hydrogen-bond acceptors (Lipinski definition) is 3. The van der Waals surface area contributed by atoms with Crippen LogP contribution in [0.15, 0.2) is 48.8 Å². The molecule has 0 bridgehead atoms. The average Bonchev–Trinajstić information content (AvgIpc) is 2.91. The molecule has 1 amide bonds. The van der Waals surface area contributed by atoms with Crippen molar-refractivity contribution in [2.24, 2.45) is 5.73 Å². The van der Waals surface area contributed by atoms with E-state index in [0.29, 0.717) is 16.3 Å². The lowest BCUT2D eigenvalue weighted by Gasteiger charge is -2.09. The lowest BCUT2D eigenvalue weighted by atomic mass is 10.1. The van der Waals surface area contributed by atoms with Gasteiger partial charge in [-0.3, -0.25) is 4.79 Å². The smallest absolute Gasteiger partial charge is 0.252 e. The summed E-state index contributed by atoms with van der Waals surface area (Å²) >= 11 is 5.87. The maximum Gasteiger partial charge on any atom is 0.252 e. The minimum absolute atomic E-state index is 0.145. The van der Waals surface area contributed by atoms with E-state index in [9.17, 15) is 10.1 Å². The van der Waals surface area contributed by atoms with Gasteiger partial charge in [-0.15, -0.1) is 0 Å². The molecular weight excluding hydrogens is 314 g/mol. The molecule has 0 aliphatic carbocycles. The van der Waals surface area contributed by atoms with E-state index < -0.39 is 5.91 Å². The van der Waals surface area contributed by atoms with Crippen LogP contribution in [-0.2, 0) is 6.61 Å². The van der Waals surface area contributed by atoms with Gasteiger partial charge in [0, 0.05) is 23.0 Å². The van der Waals surface area contributed by atoms with Gasteiger partial charge in [0.1, 0.15) is 18.4 Å². The van der Waals surface area contributed by atoms with Crippen LogP contribution in [0.3, 0.4) is 0 Å². The predicted molar refractivity (Wildman–Crippen MR) is 86.4 cm³/mol. The first-order valence-electron chi connectivity index (χ1n) is 6.81. The van der Waals surface area contributed by atoms with Gasteiger partial charge in [-0.1, -0.05) is 17.7 Å². The van der Waals surface area contributed by atoms with Gasteiger partial charge in [-0.25, -0.2) is 0 Å². The highest BCUT2D eigenvalue weighted by molar-refractivity contribution is 6.31. The van der Waals surface area contributed by atoms with Crippen molar-refractivity contribution in [1.29, 1.82) is 5.26 Å². The first-order valence-corrected chi connectivity index (χ1v) is 7.19. The highest BCUT2D eigenvalue weighted by Crippen LogP contribution is 2.25. The Bertz CT molecular complexity index is 941. The number of nitrogens with two attached hydrogens (primary N) is 1. The first-order chi connectivity index (χ1) is 11.1. The van der Waals surface area contributed by atoms with Gasteiger partial charge in [-0.2, -0.15) is 5.26 Å². The zero-order chi connectivity index (χ0) is 16.4. The highest BCUT2D eigenvalue weighted by atomic mass is 35.5. The van der Waals surface area contributed by atoms with E-state index in [1.165, 1.54) is 6.07 Å². The van der Waals surface area contributed by atoms with Gasteiger partial charge in [0.2, 0.25) is 0 Å². The van der Waals surface area contributed by atoms with Crippen molar-refractivity contribution in [1.82, 2.24) is 4.40 Å². The predicted octanol–water partition coefficient (Wildman–Crippen LogP) is 3.14. The first kappa shape index (κ1) is 14.9. The number of rotatable bonds is 4. The van der Waals surface area contributed by atoms with Crippen molar-refractivity contribution in [3.05, 3.63) is 70.5 Å². The molecule has 0 saturated heterocycles. The number of amides is 1. The van der Waals surface area contributed by atoms with Crippen molar-refractivity contribution >= 4 is 23.0 Å². The molecule has 2 aromatic heterocycles. The Labute approximate surface area is 137 Å². The molecule has 114 valence electrons. The molecule has 0 atom stereocenters. The summed E-state index contributed by atoms with van der Waals surface area (Å²) in [5.74, 6) is -0.286. The Hall–Kier alpha value is -2.97. The topological polar surface area (TPSA) is 80.5 Å². The standard InChI is InChI=1S/C17H12ClN3O2/c18-12-4-5-16(13(7-12)17(20)22)23-10-11-9-21-6-2-1-3-15(21)14(11)8-19/h1-7,9H,10H2,(H2,20,22). The second-order valence-corrected chi connectivity index (χ2v) is 5.36. The molecule has 1 aromatic carbocycles. The fourth-order valence-corrected chi connectivity index (χ4v) is 2.56. The molecule has 0 spiro atoms. The van der Waals surface area contributed by atoms with Crippen LogP contribution in [0.25, 0.3) is 5.52 Å². The van der Waals surface area contributed by atoms with Crippen LogP contribution in [0, 0.1) is 11.3 Å². The lowest BCUT2D eigenvalue weighted by molar-refractivity contribution is 0.0996. The van der Waals surface area contributed by atoms with Crippen LogP contribution in [0.4, 0.5) is 0 Å².